The van der Waals surface area contributed by atoms with Gasteiger partial charge in [0.05, 0.1) is 6.61 Å². The van der Waals surface area contributed by atoms with Crippen LogP contribution in [-0.2, 0) is 11.3 Å². The largest absolute Gasteiger partial charge is 0.382 e. The first-order valence-electron chi connectivity index (χ1n) is 6.71. The van der Waals surface area contributed by atoms with Gasteiger partial charge in [-0.2, -0.15) is 0 Å². The number of pyridine rings is 1. The molecule has 0 saturated heterocycles. The number of nitrogens with two attached hydrogens (primary N) is 1. The summed E-state index contributed by atoms with van der Waals surface area (Å²) < 4.78 is 5.62. The molecule has 2 rings (SSSR count). The fourth-order valence-corrected chi connectivity index (χ4v) is 1.93. The molecule has 0 bridgehead atoms. The van der Waals surface area contributed by atoms with E-state index < -0.39 is 0 Å². The fraction of sp³-hybridized carbons (Fsp3) is 0.571. The van der Waals surface area contributed by atoms with Crippen LogP contribution in [0, 0.1) is 11.3 Å². The Morgan fingerprint density at radius 3 is 3.05 bits per heavy atom. The van der Waals surface area contributed by atoms with Gasteiger partial charge in [0.2, 0.25) is 0 Å². The molecule has 104 valence electrons. The first-order chi connectivity index (χ1) is 9.16. The van der Waals surface area contributed by atoms with Crippen LogP contribution in [0.2, 0.25) is 0 Å². The van der Waals surface area contributed by atoms with Gasteiger partial charge in [0.1, 0.15) is 11.5 Å². The minimum atomic E-state index is 0.0222. The van der Waals surface area contributed by atoms with Gasteiger partial charge in [-0.1, -0.05) is 6.07 Å². The quantitative estimate of drug-likeness (QED) is 0.420. The smallest absolute Gasteiger partial charge is 0.142 e. The second-order valence-electron chi connectivity index (χ2n) is 5.18. The molecule has 0 amide bonds. The fourth-order valence-electron chi connectivity index (χ4n) is 1.93. The summed E-state index contributed by atoms with van der Waals surface area (Å²) in [5.41, 5.74) is 7.09. The van der Waals surface area contributed by atoms with E-state index in [0.29, 0.717) is 5.69 Å². The molecule has 1 aliphatic carbocycles. The minimum Gasteiger partial charge on any atom is -0.382 e. The molecule has 3 N–H and O–H groups in total. The van der Waals surface area contributed by atoms with Crippen molar-refractivity contribution in [2.75, 3.05) is 26.8 Å². The Morgan fingerprint density at radius 1 is 1.58 bits per heavy atom. The van der Waals surface area contributed by atoms with Crippen LogP contribution in [0.3, 0.4) is 0 Å². The van der Waals surface area contributed by atoms with E-state index in [0.717, 1.165) is 37.8 Å². The van der Waals surface area contributed by atoms with Crippen LogP contribution >= 0.6 is 0 Å². The number of nitrogen functional groups attached to an aromatic ring is 1. The molecule has 19 heavy (non-hydrogen) atoms. The van der Waals surface area contributed by atoms with Crippen molar-refractivity contribution in [3.05, 3.63) is 29.6 Å². The number of hydrogen-bond acceptors (Lipinski definition) is 4. The lowest BCUT2D eigenvalue weighted by atomic mass is 10.1. The molecule has 0 unspecified atom stereocenters. The van der Waals surface area contributed by atoms with E-state index in [9.17, 15) is 0 Å². The van der Waals surface area contributed by atoms with Crippen LogP contribution in [0.1, 0.15) is 24.1 Å². The van der Waals surface area contributed by atoms with Crippen molar-refractivity contribution in [1.29, 1.82) is 5.41 Å². The van der Waals surface area contributed by atoms with Crippen molar-refractivity contribution in [3.63, 3.8) is 0 Å². The standard InChI is InChI=1S/C14H22N4O/c1-18(7-8-19-10-11-4-5-11)9-12-3-2-6-17-13(12)14(15)16/h2-3,6,11H,4-5,7-10H2,1H3,(H3,15,16). The van der Waals surface area contributed by atoms with Gasteiger partial charge in [-0.25, -0.2) is 0 Å². The summed E-state index contributed by atoms with van der Waals surface area (Å²) in [5.74, 6) is 0.835. The molecule has 0 aliphatic heterocycles. The van der Waals surface area contributed by atoms with Crippen LogP contribution in [0.25, 0.3) is 0 Å². The van der Waals surface area contributed by atoms with Gasteiger partial charge in [-0.3, -0.25) is 15.3 Å². The van der Waals surface area contributed by atoms with Gasteiger partial charge >= 0.3 is 0 Å². The van der Waals surface area contributed by atoms with Gasteiger partial charge in [0.25, 0.3) is 0 Å². The average molecular weight is 262 g/mol. The van der Waals surface area contributed by atoms with Gasteiger partial charge in [0.15, 0.2) is 0 Å². The summed E-state index contributed by atoms with van der Waals surface area (Å²) in [6, 6.07) is 3.84. The molecule has 1 heterocycles. The van der Waals surface area contributed by atoms with Crippen molar-refractivity contribution < 1.29 is 4.74 Å². The van der Waals surface area contributed by atoms with Crippen molar-refractivity contribution in [2.45, 2.75) is 19.4 Å². The number of amidine groups is 1. The number of nitrogens with one attached hydrogen (secondary N) is 1. The Morgan fingerprint density at radius 2 is 2.37 bits per heavy atom. The zero-order chi connectivity index (χ0) is 13.7. The van der Waals surface area contributed by atoms with E-state index in [1.165, 1.54) is 12.8 Å². The molecular weight excluding hydrogens is 240 g/mol. The molecule has 1 saturated carbocycles. The lowest BCUT2D eigenvalue weighted by Gasteiger charge is -2.18. The Hall–Kier alpha value is -1.46. The highest BCUT2D eigenvalue weighted by molar-refractivity contribution is 5.94. The Bertz CT molecular complexity index is 431. The molecule has 0 radical (unpaired) electrons. The van der Waals surface area contributed by atoms with Crippen LogP contribution in [0.5, 0.6) is 0 Å². The normalized spacial score (nSPS) is 14.8. The van der Waals surface area contributed by atoms with Crippen molar-refractivity contribution in [3.8, 4) is 0 Å². The maximum atomic E-state index is 7.51. The average Bonchev–Trinajstić information content (AvgIpc) is 3.19. The molecular formula is C14H22N4O. The van der Waals surface area contributed by atoms with E-state index in [-0.39, 0.29) is 5.84 Å². The molecule has 0 atom stereocenters. The summed E-state index contributed by atoms with van der Waals surface area (Å²) in [6.07, 6.45) is 4.32. The van der Waals surface area contributed by atoms with Gasteiger partial charge in [-0.05, 0) is 37.4 Å². The van der Waals surface area contributed by atoms with Crippen LogP contribution < -0.4 is 5.73 Å². The van der Waals surface area contributed by atoms with E-state index in [4.69, 9.17) is 15.9 Å². The van der Waals surface area contributed by atoms with Gasteiger partial charge in [0, 0.05) is 25.9 Å². The van der Waals surface area contributed by atoms with Crippen LogP contribution in [-0.4, -0.2) is 42.5 Å². The van der Waals surface area contributed by atoms with Crippen molar-refractivity contribution in [2.24, 2.45) is 11.7 Å². The Labute approximate surface area is 114 Å². The lowest BCUT2D eigenvalue weighted by Crippen LogP contribution is -2.25. The van der Waals surface area contributed by atoms with Gasteiger partial charge < -0.3 is 10.5 Å². The summed E-state index contributed by atoms with van der Waals surface area (Å²) in [4.78, 5) is 6.31. The third-order valence-electron chi connectivity index (χ3n) is 3.25. The molecule has 1 aliphatic rings. The molecule has 5 nitrogen and oxygen atoms in total. The maximum Gasteiger partial charge on any atom is 0.142 e. The van der Waals surface area contributed by atoms with E-state index >= 15 is 0 Å². The predicted octanol–water partition coefficient (Wildman–Crippen LogP) is 1.22. The van der Waals surface area contributed by atoms with Crippen LogP contribution in [0.15, 0.2) is 18.3 Å². The highest BCUT2D eigenvalue weighted by Gasteiger charge is 2.21. The summed E-state index contributed by atoms with van der Waals surface area (Å²) in [7, 11) is 2.04. The monoisotopic (exact) mass is 262 g/mol. The molecule has 1 aromatic heterocycles. The Balaban J connectivity index is 1.77. The third kappa shape index (κ3) is 4.61. The number of likely N-dealkylation sites (N-methyl/N-ethyl adjacent to an activating group) is 1. The maximum absolute atomic E-state index is 7.51. The van der Waals surface area contributed by atoms with E-state index in [1.54, 1.807) is 6.20 Å². The third-order valence-corrected chi connectivity index (χ3v) is 3.25. The number of rotatable bonds is 8. The second-order valence-corrected chi connectivity index (χ2v) is 5.18. The first-order valence-corrected chi connectivity index (χ1v) is 6.71. The second kappa shape index (κ2) is 6.63. The predicted molar refractivity (Wildman–Crippen MR) is 75.1 cm³/mol. The first kappa shape index (κ1) is 14.0. The number of ether oxygens (including phenoxy) is 1. The zero-order valence-corrected chi connectivity index (χ0v) is 11.4. The molecule has 1 fully saturated rings. The highest BCUT2D eigenvalue weighted by atomic mass is 16.5. The summed E-state index contributed by atoms with van der Waals surface area (Å²) >= 11 is 0. The SMILES string of the molecule is CN(CCOCC1CC1)Cc1cccnc1C(=N)N. The highest BCUT2D eigenvalue weighted by Crippen LogP contribution is 2.28. The van der Waals surface area contributed by atoms with Crippen molar-refractivity contribution in [1.82, 2.24) is 9.88 Å². The molecule has 5 heteroatoms. The molecule has 0 aromatic carbocycles. The zero-order valence-electron chi connectivity index (χ0n) is 11.4. The lowest BCUT2D eigenvalue weighted by molar-refractivity contribution is 0.102. The summed E-state index contributed by atoms with van der Waals surface area (Å²) in [5, 5.41) is 7.51. The Kier molecular flexibility index (Phi) is 4.87. The molecule has 1 aromatic rings. The molecule has 0 spiro atoms. The number of nitrogens with zero attached hydrogens (tertiary/aromatic N) is 2. The van der Waals surface area contributed by atoms with Gasteiger partial charge in [-0.15, -0.1) is 0 Å². The van der Waals surface area contributed by atoms with E-state index in [2.05, 4.69) is 9.88 Å². The number of hydrogen-bond donors (Lipinski definition) is 2. The van der Waals surface area contributed by atoms with E-state index in [1.807, 2.05) is 19.2 Å². The topological polar surface area (TPSA) is 75.2 Å². The number of aromatic nitrogens is 1. The summed E-state index contributed by atoms with van der Waals surface area (Å²) in [6.45, 7) is 3.26. The minimum absolute atomic E-state index is 0.0222. The van der Waals surface area contributed by atoms with Crippen LogP contribution in [0.4, 0.5) is 0 Å². The van der Waals surface area contributed by atoms with Crippen molar-refractivity contribution >= 4 is 5.84 Å².